The molecule has 1 amide bonds. The normalized spacial score (nSPS) is 12.8. The summed E-state index contributed by atoms with van der Waals surface area (Å²) in [4.78, 5) is 25.1. The topological polar surface area (TPSA) is 116 Å². The Kier molecular flexibility index (Phi) is 4.90. The molecule has 152 valence electrons. The van der Waals surface area contributed by atoms with Crippen LogP contribution in [0, 0.1) is 18.3 Å². The van der Waals surface area contributed by atoms with Crippen LogP contribution < -0.4 is 14.8 Å². The molecule has 3 heterocycles. The molecule has 0 spiro atoms. The van der Waals surface area contributed by atoms with Crippen LogP contribution in [0.5, 0.6) is 11.5 Å². The number of rotatable bonds is 5. The molecule has 30 heavy (non-hydrogen) atoms. The Morgan fingerprint density at radius 1 is 1.23 bits per heavy atom. The number of carbonyl (C=O) groups is 2. The van der Waals surface area contributed by atoms with E-state index in [4.69, 9.17) is 18.6 Å². The number of ether oxygens (including phenoxy) is 3. The molecule has 0 aliphatic carbocycles. The maximum atomic E-state index is 12.7. The Morgan fingerprint density at radius 2 is 1.97 bits per heavy atom. The largest absolute Gasteiger partial charge is 0.454 e. The number of fused-ring (bicyclic) bond motifs is 1. The van der Waals surface area contributed by atoms with Crippen LogP contribution in [-0.2, 0) is 9.53 Å². The number of hydrogen-bond donors (Lipinski definition) is 1. The minimum absolute atomic E-state index is 0.0103. The zero-order valence-electron chi connectivity index (χ0n) is 16.2. The minimum atomic E-state index is -1.11. The average Bonchev–Trinajstić information content (AvgIpc) is 3.46. The Labute approximate surface area is 171 Å². The number of benzene rings is 1. The summed E-state index contributed by atoms with van der Waals surface area (Å²) in [5.74, 6) is 0.188. The molecule has 0 unspecified atom stereocenters. The van der Waals surface area contributed by atoms with Crippen molar-refractivity contribution in [2.24, 2.45) is 0 Å². The molecule has 1 aromatic carbocycles. The van der Waals surface area contributed by atoms with E-state index >= 15 is 0 Å². The predicted molar refractivity (Wildman–Crippen MR) is 104 cm³/mol. The second kappa shape index (κ2) is 7.67. The summed E-state index contributed by atoms with van der Waals surface area (Å²) < 4.78 is 23.0. The van der Waals surface area contributed by atoms with Gasteiger partial charge in [0.1, 0.15) is 23.0 Å². The Balaban J connectivity index is 1.48. The van der Waals surface area contributed by atoms with E-state index in [2.05, 4.69) is 5.32 Å². The summed E-state index contributed by atoms with van der Waals surface area (Å²) in [6.45, 7) is 3.12. The maximum absolute atomic E-state index is 12.7. The second-order valence-corrected chi connectivity index (χ2v) is 6.52. The van der Waals surface area contributed by atoms with Crippen LogP contribution in [0.4, 0.5) is 5.69 Å². The van der Waals surface area contributed by atoms with E-state index in [9.17, 15) is 14.9 Å². The molecule has 0 bridgehead atoms. The van der Waals surface area contributed by atoms with Gasteiger partial charge in [-0.1, -0.05) is 0 Å². The summed E-state index contributed by atoms with van der Waals surface area (Å²) in [6.07, 6.45) is 2.27. The molecule has 0 saturated carbocycles. The zero-order chi connectivity index (χ0) is 21.3. The number of nitrogens with zero attached hydrogens (tertiary/aromatic N) is 2. The van der Waals surface area contributed by atoms with Gasteiger partial charge in [0.05, 0.1) is 0 Å². The van der Waals surface area contributed by atoms with E-state index in [1.54, 1.807) is 54.2 Å². The zero-order valence-corrected chi connectivity index (χ0v) is 16.2. The second-order valence-electron chi connectivity index (χ2n) is 6.52. The predicted octanol–water partition coefficient (Wildman–Crippen LogP) is 3.16. The van der Waals surface area contributed by atoms with Crippen LogP contribution in [0.15, 0.2) is 47.1 Å². The summed E-state index contributed by atoms with van der Waals surface area (Å²) in [5, 5.41) is 12.2. The number of aryl methyl sites for hydroxylation is 1. The molecule has 4 rings (SSSR count). The number of aromatic nitrogens is 1. The minimum Gasteiger partial charge on any atom is -0.454 e. The van der Waals surface area contributed by atoms with Gasteiger partial charge in [0.15, 0.2) is 17.6 Å². The molecular formula is C21H17N3O6. The van der Waals surface area contributed by atoms with Gasteiger partial charge in [-0.05, 0) is 38.1 Å². The van der Waals surface area contributed by atoms with Crippen LogP contribution in [0.3, 0.4) is 0 Å². The lowest BCUT2D eigenvalue weighted by Gasteiger charge is -2.13. The fourth-order valence-corrected chi connectivity index (χ4v) is 3.02. The molecule has 1 aliphatic rings. The monoisotopic (exact) mass is 407 g/mol. The van der Waals surface area contributed by atoms with Gasteiger partial charge in [-0.25, -0.2) is 4.79 Å². The third kappa shape index (κ3) is 3.46. The first kappa shape index (κ1) is 19.1. The van der Waals surface area contributed by atoms with Crippen molar-refractivity contribution in [3.05, 3.63) is 59.6 Å². The van der Waals surface area contributed by atoms with E-state index in [0.717, 1.165) is 0 Å². The van der Waals surface area contributed by atoms with Crippen LogP contribution in [0.1, 0.15) is 28.6 Å². The summed E-state index contributed by atoms with van der Waals surface area (Å²) in [7, 11) is 0. The number of amides is 1. The summed E-state index contributed by atoms with van der Waals surface area (Å²) in [5.41, 5.74) is 0.500. The number of carbonyl (C=O) groups excluding carboxylic acids is 2. The highest BCUT2D eigenvalue weighted by Crippen LogP contribution is 2.34. The SMILES string of the molecule is Cc1oc(-n2cccc2)c(C#N)c1C(=O)O[C@@H](C)C(=O)Nc1ccc2c(c1)OCO2. The van der Waals surface area contributed by atoms with Gasteiger partial charge < -0.3 is 23.9 Å². The van der Waals surface area contributed by atoms with Crippen molar-refractivity contribution >= 4 is 17.6 Å². The third-order valence-corrected chi connectivity index (χ3v) is 4.51. The van der Waals surface area contributed by atoms with Gasteiger partial charge in [-0.2, -0.15) is 5.26 Å². The van der Waals surface area contributed by atoms with Crippen LogP contribution in [0.25, 0.3) is 5.88 Å². The molecule has 0 saturated heterocycles. The summed E-state index contributed by atoms with van der Waals surface area (Å²) >= 11 is 0. The molecular weight excluding hydrogens is 390 g/mol. The molecule has 1 N–H and O–H groups in total. The fraction of sp³-hybridized carbons (Fsp3) is 0.190. The molecule has 9 nitrogen and oxygen atoms in total. The number of hydrogen-bond acceptors (Lipinski definition) is 7. The first-order chi connectivity index (χ1) is 14.5. The molecule has 3 aromatic rings. The van der Waals surface area contributed by atoms with Crippen LogP contribution >= 0.6 is 0 Å². The van der Waals surface area contributed by atoms with Gasteiger partial charge in [-0.15, -0.1) is 0 Å². The van der Waals surface area contributed by atoms with Crippen molar-refractivity contribution in [3.8, 4) is 23.5 Å². The molecule has 2 aromatic heterocycles. The highest BCUT2D eigenvalue weighted by molar-refractivity contribution is 5.99. The first-order valence-electron chi connectivity index (χ1n) is 9.06. The maximum Gasteiger partial charge on any atom is 0.343 e. The van der Waals surface area contributed by atoms with Crippen molar-refractivity contribution in [1.82, 2.24) is 4.57 Å². The highest BCUT2D eigenvalue weighted by Gasteiger charge is 2.28. The van der Waals surface area contributed by atoms with E-state index in [0.29, 0.717) is 17.2 Å². The fourth-order valence-electron chi connectivity index (χ4n) is 3.02. The number of furan rings is 1. The Hall–Kier alpha value is -4.19. The van der Waals surface area contributed by atoms with Crippen molar-refractivity contribution in [1.29, 1.82) is 5.26 Å². The smallest absolute Gasteiger partial charge is 0.343 e. The van der Waals surface area contributed by atoms with Gasteiger partial charge in [-0.3, -0.25) is 9.36 Å². The molecule has 9 heteroatoms. The number of nitriles is 1. The molecule has 0 fully saturated rings. The van der Waals surface area contributed by atoms with Gasteiger partial charge in [0.2, 0.25) is 12.7 Å². The Bertz CT molecular complexity index is 1160. The van der Waals surface area contributed by atoms with E-state index in [-0.39, 0.29) is 29.6 Å². The number of esters is 1. The van der Waals surface area contributed by atoms with E-state index < -0.39 is 18.0 Å². The van der Waals surface area contributed by atoms with Gasteiger partial charge in [0.25, 0.3) is 5.91 Å². The number of anilines is 1. The van der Waals surface area contributed by atoms with Crippen LogP contribution in [0.2, 0.25) is 0 Å². The summed E-state index contributed by atoms with van der Waals surface area (Å²) in [6, 6.07) is 10.4. The van der Waals surface area contributed by atoms with Crippen molar-refractivity contribution in [3.63, 3.8) is 0 Å². The molecule has 1 atom stereocenters. The Morgan fingerprint density at radius 3 is 2.70 bits per heavy atom. The van der Waals surface area contributed by atoms with Gasteiger partial charge >= 0.3 is 5.97 Å². The van der Waals surface area contributed by atoms with E-state index in [1.165, 1.54) is 6.92 Å². The standard InChI is InChI=1S/C21H17N3O6/c1-12-18(15(10-22)20(29-12)24-7-3-4-8-24)21(26)30-13(2)19(25)23-14-5-6-16-17(9-14)28-11-27-16/h3-9,13H,11H2,1-2H3,(H,23,25)/t13-/m0/s1. The average molecular weight is 407 g/mol. The molecule has 1 aliphatic heterocycles. The lowest BCUT2D eigenvalue weighted by atomic mass is 10.1. The van der Waals surface area contributed by atoms with Gasteiger partial charge in [0, 0.05) is 24.1 Å². The lowest BCUT2D eigenvalue weighted by Crippen LogP contribution is -2.30. The lowest BCUT2D eigenvalue weighted by molar-refractivity contribution is -0.123. The highest BCUT2D eigenvalue weighted by atomic mass is 16.7. The van der Waals surface area contributed by atoms with Crippen LogP contribution in [-0.4, -0.2) is 29.3 Å². The van der Waals surface area contributed by atoms with Crippen molar-refractivity contribution in [2.75, 3.05) is 12.1 Å². The van der Waals surface area contributed by atoms with Crippen molar-refractivity contribution < 1.29 is 28.2 Å². The third-order valence-electron chi connectivity index (χ3n) is 4.51. The first-order valence-corrected chi connectivity index (χ1v) is 9.06. The molecule has 0 radical (unpaired) electrons. The van der Waals surface area contributed by atoms with Crippen molar-refractivity contribution in [2.45, 2.75) is 20.0 Å². The quantitative estimate of drug-likeness (QED) is 0.646. The van der Waals surface area contributed by atoms with E-state index in [1.807, 2.05) is 6.07 Å². The number of nitrogens with one attached hydrogen (secondary N) is 1.